The monoisotopic (exact) mass is 417 g/mol. The van der Waals surface area contributed by atoms with E-state index in [0.717, 1.165) is 19.3 Å². The summed E-state index contributed by atoms with van der Waals surface area (Å²) in [5.41, 5.74) is 1.15. The van der Waals surface area contributed by atoms with Crippen molar-refractivity contribution >= 4 is 11.9 Å². The second-order valence-corrected chi connectivity index (χ2v) is 7.38. The number of hydrogen-bond acceptors (Lipinski definition) is 4. The molecule has 160 valence electrons. The van der Waals surface area contributed by atoms with Crippen LogP contribution in [0.5, 0.6) is 5.75 Å². The third-order valence-corrected chi connectivity index (χ3v) is 5.25. The molecule has 1 unspecified atom stereocenters. The predicted molar refractivity (Wildman–Crippen MR) is 107 cm³/mol. The van der Waals surface area contributed by atoms with Gasteiger partial charge in [-0.1, -0.05) is 42.5 Å². The summed E-state index contributed by atoms with van der Waals surface area (Å²) >= 11 is 0. The average molecular weight is 417 g/mol. The number of carbonyl (C=O) groups is 2. The van der Waals surface area contributed by atoms with E-state index in [9.17, 15) is 18.4 Å². The molecule has 5 nitrogen and oxygen atoms in total. The molecular formula is C23H25F2NO4. The zero-order chi connectivity index (χ0) is 21.5. The third-order valence-electron chi connectivity index (χ3n) is 5.25. The number of benzene rings is 2. The summed E-state index contributed by atoms with van der Waals surface area (Å²) in [7, 11) is 0. The summed E-state index contributed by atoms with van der Waals surface area (Å²) in [5, 5.41) is 0. The molecular weight excluding hydrogens is 392 g/mol. The summed E-state index contributed by atoms with van der Waals surface area (Å²) in [6.07, 6.45) is 1.73. The number of alkyl halides is 2. The van der Waals surface area contributed by atoms with Crippen molar-refractivity contribution in [1.82, 2.24) is 4.90 Å². The fraction of sp³-hybridized carbons (Fsp3) is 0.391. The van der Waals surface area contributed by atoms with E-state index in [0.29, 0.717) is 19.0 Å². The first-order valence-electron chi connectivity index (χ1n) is 10.0. The molecule has 3 rings (SSSR count). The zero-order valence-corrected chi connectivity index (χ0v) is 16.8. The molecule has 1 saturated heterocycles. The lowest BCUT2D eigenvalue weighted by Crippen LogP contribution is -2.44. The molecule has 30 heavy (non-hydrogen) atoms. The molecule has 0 aromatic heterocycles. The van der Waals surface area contributed by atoms with Crippen molar-refractivity contribution in [2.45, 2.75) is 38.9 Å². The van der Waals surface area contributed by atoms with Crippen LogP contribution in [0.15, 0.2) is 54.6 Å². The Labute approximate surface area is 174 Å². The minimum Gasteiger partial charge on any atom is -0.449 e. The lowest BCUT2D eigenvalue weighted by atomic mass is 9.90. The molecule has 0 saturated carbocycles. The summed E-state index contributed by atoms with van der Waals surface area (Å²) in [6.45, 7) is -0.366. The van der Waals surface area contributed by atoms with E-state index in [4.69, 9.17) is 4.74 Å². The predicted octanol–water partition coefficient (Wildman–Crippen LogP) is 4.31. The molecule has 0 N–H and O–H groups in total. The maximum absolute atomic E-state index is 12.7. The Balaban J connectivity index is 1.52. The largest absolute Gasteiger partial charge is 0.449 e. The van der Waals surface area contributed by atoms with Crippen LogP contribution in [0.2, 0.25) is 0 Å². The van der Waals surface area contributed by atoms with E-state index in [-0.39, 0.29) is 17.2 Å². The van der Waals surface area contributed by atoms with Gasteiger partial charge in [-0.3, -0.25) is 4.79 Å². The van der Waals surface area contributed by atoms with Gasteiger partial charge in [-0.2, -0.15) is 8.78 Å². The number of para-hydroxylation sites is 1. The second-order valence-electron chi connectivity index (χ2n) is 7.38. The number of piperidine rings is 1. The van der Waals surface area contributed by atoms with Gasteiger partial charge in [0.05, 0.1) is 0 Å². The standard InChI is InChI=1S/C23H25F2NO4/c1-16(29-22(28)19-9-5-6-10-20(19)30-23(24)25)21(27)26-13-11-18(12-14-26)15-17-7-3-2-4-8-17/h2-10,16,18,23H,11-15H2,1H3. The van der Waals surface area contributed by atoms with E-state index >= 15 is 0 Å². The molecule has 2 aromatic carbocycles. The molecule has 7 heteroatoms. The minimum absolute atomic E-state index is 0.140. The van der Waals surface area contributed by atoms with Crippen molar-refractivity contribution in [3.63, 3.8) is 0 Å². The lowest BCUT2D eigenvalue weighted by Gasteiger charge is -2.33. The van der Waals surface area contributed by atoms with Crippen LogP contribution in [-0.2, 0) is 16.0 Å². The lowest BCUT2D eigenvalue weighted by molar-refractivity contribution is -0.141. The summed E-state index contributed by atoms with van der Waals surface area (Å²) < 4.78 is 34.7. The van der Waals surface area contributed by atoms with Crippen molar-refractivity contribution < 1.29 is 27.8 Å². The second kappa shape index (κ2) is 10.2. The maximum atomic E-state index is 12.7. The smallest absolute Gasteiger partial charge is 0.387 e. The van der Waals surface area contributed by atoms with Crippen LogP contribution >= 0.6 is 0 Å². The van der Waals surface area contributed by atoms with Crippen LogP contribution in [0.4, 0.5) is 8.78 Å². The van der Waals surface area contributed by atoms with Crippen LogP contribution < -0.4 is 4.74 Å². The Kier molecular flexibility index (Phi) is 7.38. The number of likely N-dealkylation sites (tertiary alicyclic amines) is 1. The van der Waals surface area contributed by atoms with Crippen molar-refractivity contribution in [3.8, 4) is 5.75 Å². The summed E-state index contributed by atoms with van der Waals surface area (Å²) in [6, 6.07) is 15.8. The van der Waals surface area contributed by atoms with Crippen LogP contribution in [-0.4, -0.2) is 42.6 Å². The van der Waals surface area contributed by atoms with Crippen molar-refractivity contribution in [1.29, 1.82) is 0 Å². The van der Waals surface area contributed by atoms with E-state index in [1.807, 2.05) is 18.2 Å². The first kappa shape index (κ1) is 21.7. The van der Waals surface area contributed by atoms with E-state index in [2.05, 4.69) is 16.9 Å². The van der Waals surface area contributed by atoms with Crippen LogP contribution in [0, 0.1) is 5.92 Å². The van der Waals surface area contributed by atoms with Gasteiger partial charge < -0.3 is 14.4 Å². The molecule has 0 bridgehead atoms. The Hall–Kier alpha value is -2.96. The number of rotatable bonds is 7. The topological polar surface area (TPSA) is 55.8 Å². The number of nitrogens with zero attached hydrogens (tertiary/aromatic N) is 1. The highest BCUT2D eigenvalue weighted by Gasteiger charge is 2.29. The van der Waals surface area contributed by atoms with Crippen LogP contribution in [0.3, 0.4) is 0 Å². The molecule has 1 atom stereocenters. The Bertz CT molecular complexity index is 851. The van der Waals surface area contributed by atoms with Gasteiger partial charge >= 0.3 is 12.6 Å². The molecule has 1 fully saturated rings. The molecule has 0 aliphatic carbocycles. The number of esters is 1. The number of carbonyl (C=O) groups excluding carboxylic acids is 2. The molecule has 2 aromatic rings. The first-order chi connectivity index (χ1) is 14.4. The highest BCUT2D eigenvalue weighted by molar-refractivity contribution is 5.94. The fourth-order valence-electron chi connectivity index (χ4n) is 3.67. The quantitative estimate of drug-likeness (QED) is 0.630. The number of ether oxygens (including phenoxy) is 2. The van der Waals surface area contributed by atoms with Crippen molar-refractivity contribution in [2.24, 2.45) is 5.92 Å². The van der Waals surface area contributed by atoms with E-state index in [1.54, 1.807) is 4.90 Å². The van der Waals surface area contributed by atoms with Crippen LogP contribution in [0.1, 0.15) is 35.7 Å². The van der Waals surface area contributed by atoms with Crippen molar-refractivity contribution in [2.75, 3.05) is 13.1 Å². The Morgan fingerprint density at radius 3 is 2.33 bits per heavy atom. The number of halogens is 2. The van der Waals surface area contributed by atoms with Crippen molar-refractivity contribution in [3.05, 3.63) is 65.7 Å². The molecule has 1 aliphatic heterocycles. The van der Waals surface area contributed by atoms with Gasteiger partial charge in [0.25, 0.3) is 5.91 Å². The third kappa shape index (κ3) is 5.78. The Morgan fingerprint density at radius 2 is 1.67 bits per heavy atom. The molecule has 0 radical (unpaired) electrons. The van der Waals surface area contributed by atoms with Gasteiger partial charge in [0.15, 0.2) is 6.10 Å². The van der Waals surface area contributed by atoms with Gasteiger partial charge in [-0.25, -0.2) is 4.79 Å². The van der Waals surface area contributed by atoms with Gasteiger partial charge in [-0.15, -0.1) is 0 Å². The first-order valence-corrected chi connectivity index (χ1v) is 10.0. The van der Waals surface area contributed by atoms with Gasteiger partial charge in [-0.05, 0) is 49.8 Å². The van der Waals surface area contributed by atoms with E-state index in [1.165, 1.54) is 36.8 Å². The molecule has 1 heterocycles. The van der Waals surface area contributed by atoms with Gasteiger partial charge in [0, 0.05) is 13.1 Å². The Morgan fingerprint density at radius 1 is 1.03 bits per heavy atom. The maximum Gasteiger partial charge on any atom is 0.387 e. The number of hydrogen-bond donors (Lipinski definition) is 0. The van der Waals surface area contributed by atoms with Gasteiger partial charge in [0.2, 0.25) is 0 Å². The summed E-state index contributed by atoms with van der Waals surface area (Å²) in [5.74, 6) is -0.925. The molecule has 1 aliphatic rings. The molecule has 0 spiro atoms. The minimum atomic E-state index is -3.06. The highest BCUT2D eigenvalue weighted by atomic mass is 19.3. The summed E-state index contributed by atoms with van der Waals surface area (Å²) in [4.78, 5) is 26.8. The highest BCUT2D eigenvalue weighted by Crippen LogP contribution is 2.24. The fourth-order valence-corrected chi connectivity index (χ4v) is 3.67. The average Bonchev–Trinajstić information content (AvgIpc) is 2.74. The van der Waals surface area contributed by atoms with Crippen LogP contribution in [0.25, 0.3) is 0 Å². The van der Waals surface area contributed by atoms with E-state index < -0.39 is 18.7 Å². The molecule has 1 amide bonds. The normalized spacial score (nSPS) is 15.7. The zero-order valence-electron chi connectivity index (χ0n) is 16.8. The SMILES string of the molecule is CC(OC(=O)c1ccccc1OC(F)F)C(=O)N1CCC(Cc2ccccc2)CC1. The van der Waals surface area contributed by atoms with Gasteiger partial charge in [0.1, 0.15) is 11.3 Å². The number of amides is 1.